The quantitative estimate of drug-likeness (QED) is 0.186. The van der Waals surface area contributed by atoms with E-state index >= 15 is 0 Å². The first-order valence-electron chi connectivity index (χ1n) is 16.7. The van der Waals surface area contributed by atoms with Gasteiger partial charge in [0.25, 0.3) is 0 Å². The van der Waals surface area contributed by atoms with Crippen LogP contribution in [0.1, 0.15) is 0 Å². The van der Waals surface area contributed by atoms with Crippen molar-refractivity contribution in [1.82, 2.24) is 19.9 Å². The third-order valence-electron chi connectivity index (χ3n) is 9.55. The number of nitrogens with zero attached hydrogens (tertiary/aromatic N) is 4. The highest BCUT2D eigenvalue weighted by atomic mass is 16.4. The van der Waals surface area contributed by atoms with Crippen LogP contribution in [0.15, 0.2) is 159 Å². The standard InChI is InChI=1S/C44H24N4O3/c1-2-11-26(12-3-1)41-46-42(30-15-8-18-35-39(30)29-14-6-7-17-34(29)49-35)48-43(47-41)31-16-9-19-36-40(31)32-23-38-33(24-37(32)50-36)45-44(51-38)28-21-20-25-10-4-5-13-27(25)22-28/h1-24H. The second-order valence-electron chi connectivity index (χ2n) is 12.6. The predicted octanol–water partition coefficient (Wildman–Crippen LogP) is 11.6. The van der Waals surface area contributed by atoms with Gasteiger partial charge in [-0.1, -0.05) is 103 Å². The Morgan fingerprint density at radius 1 is 0.353 bits per heavy atom. The van der Waals surface area contributed by atoms with Crippen LogP contribution in [0, 0.1) is 0 Å². The normalized spacial score (nSPS) is 11.9. The Kier molecular flexibility index (Phi) is 5.83. The van der Waals surface area contributed by atoms with E-state index in [1.54, 1.807) is 0 Å². The van der Waals surface area contributed by atoms with Gasteiger partial charge in [-0.3, -0.25) is 0 Å². The number of hydrogen-bond acceptors (Lipinski definition) is 7. The number of benzene rings is 7. The van der Waals surface area contributed by atoms with Gasteiger partial charge in [0.15, 0.2) is 23.1 Å². The van der Waals surface area contributed by atoms with Crippen molar-refractivity contribution < 1.29 is 13.3 Å². The van der Waals surface area contributed by atoms with Gasteiger partial charge in [-0.2, -0.15) is 0 Å². The first-order valence-corrected chi connectivity index (χ1v) is 16.7. The van der Waals surface area contributed by atoms with Gasteiger partial charge in [-0.15, -0.1) is 0 Å². The molecule has 7 aromatic carbocycles. The molecular formula is C44H24N4O3. The molecule has 4 aromatic heterocycles. The van der Waals surface area contributed by atoms with Crippen molar-refractivity contribution in [2.45, 2.75) is 0 Å². The van der Waals surface area contributed by atoms with Gasteiger partial charge in [0.1, 0.15) is 27.8 Å². The van der Waals surface area contributed by atoms with E-state index < -0.39 is 0 Å². The Bertz CT molecular complexity index is 3160. The molecule has 0 saturated heterocycles. The zero-order valence-corrected chi connectivity index (χ0v) is 26.9. The van der Waals surface area contributed by atoms with Crippen LogP contribution in [-0.2, 0) is 0 Å². The Hall–Kier alpha value is -7.12. The summed E-state index contributed by atoms with van der Waals surface area (Å²) in [6.07, 6.45) is 0. The average molecular weight is 657 g/mol. The molecule has 0 aliphatic rings. The first-order chi connectivity index (χ1) is 25.2. The summed E-state index contributed by atoms with van der Waals surface area (Å²) in [7, 11) is 0. The molecule has 0 aliphatic carbocycles. The molecule has 11 rings (SSSR count). The molecule has 0 bridgehead atoms. The molecule has 4 heterocycles. The molecule has 0 N–H and O–H groups in total. The highest BCUT2D eigenvalue weighted by Crippen LogP contribution is 2.40. The molecule has 7 heteroatoms. The van der Waals surface area contributed by atoms with Crippen LogP contribution in [-0.4, -0.2) is 19.9 Å². The topological polar surface area (TPSA) is 91.0 Å². The Labute approximate surface area is 289 Å². The van der Waals surface area contributed by atoms with Crippen LogP contribution in [0.3, 0.4) is 0 Å². The third-order valence-corrected chi connectivity index (χ3v) is 9.55. The van der Waals surface area contributed by atoms with Gasteiger partial charge in [-0.25, -0.2) is 19.9 Å². The summed E-state index contributed by atoms with van der Waals surface area (Å²) in [4.78, 5) is 20.1. The van der Waals surface area contributed by atoms with Crippen molar-refractivity contribution in [3.8, 4) is 45.6 Å². The maximum Gasteiger partial charge on any atom is 0.227 e. The highest BCUT2D eigenvalue weighted by molar-refractivity contribution is 6.15. The minimum absolute atomic E-state index is 0.534. The summed E-state index contributed by atoms with van der Waals surface area (Å²) in [5, 5.41) is 6.05. The molecule has 11 aromatic rings. The SMILES string of the molecule is c1ccc(-c2nc(-c3cccc4oc5ccccc5c34)nc(-c3cccc4oc5cc6nc(-c7ccc8ccccc8c7)oc6cc5c34)n2)cc1. The van der Waals surface area contributed by atoms with Gasteiger partial charge >= 0.3 is 0 Å². The van der Waals surface area contributed by atoms with Crippen LogP contribution in [0.25, 0.3) is 111 Å². The highest BCUT2D eigenvalue weighted by Gasteiger charge is 2.21. The molecule has 0 radical (unpaired) electrons. The fourth-order valence-corrected chi connectivity index (χ4v) is 7.17. The number of furan rings is 2. The van der Waals surface area contributed by atoms with Crippen molar-refractivity contribution >= 4 is 65.7 Å². The molecule has 0 spiro atoms. The van der Waals surface area contributed by atoms with E-state index in [1.807, 2.05) is 115 Å². The van der Waals surface area contributed by atoms with Crippen molar-refractivity contribution in [3.05, 3.63) is 146 Å². The lowest BCUT2D eigenvalue weighted by molar-refractivity contribution is 0.620. The largest absolute Gasteiger partial charge is 0.456 e. The number of rotatable bonds is 4. The van der Waals surface area contributed by atoms with E-state index in [1.165, 1.54) is 5.39 Å². The number of fused-ring (bicyclic) bond motifs is 8. The van der Waals surface area contributed by atoms with Crippen molar-refractivity contribution in [2.24, 2.45) is 0 Å². The number of para-hydroxylation sites is 1. The summed E-state index contributed by atoms with van der Waals surface area (Å²) < 4.78 is 19.1. The van der Waals surface area contributed by atoms with Crippen molar-refractivity contribution in [3.63, 3.8) is 0 Å². The van der Waals surface area contributed by atoms with Crippen LogP contribution in [0.4, 0.5) is 0 Å². The summed E-state index contributed by atoms with van der Waals surface area (Å²) in [5.74, 6) is 2.22. The van der Waals surface area contributed by atoms with E-state index in [-0.39, 0.29) is 0 Å². The molecule has 0 fully saturated rings. The Morgan fingerprint density at radius 2 is 1.00 bits per heavy atom. The second-order valence-corrected chi connectivity index (χ2v) is 12.6. The molecule has 51 heavy (non-hydrogen) atoms. The number of oxazole rings is 1. The maximum absolute atomic E-state index is 6.46. The molecule has 0 amide bonds. The van der Waals surface area contributed by atoms with Crippen LogP contribution in [0.2, 0.25) is 0 Å². The van der Waals surface area contributed by atoms with E-state index in [0.717, 1.165) is 71.5 Å². The fraction of sp³-hybridized carbons (Fsp3) is 0. The monoisotopic (exact) mass is 656 g/mol. The molecule has 0 unspecified atom stereocenters. The Morgan fingerprint density at radius 3 is 1.80 bits per heavy atom. The van der Waals surface area contributed by atoms with Gasteiger partial charge in [0, 0.05) is 49.9 Å². The fourth-order valence-electron chi connectivity index (χ4n) is 7.17. The molecule has 0 saturated carbocycles. The lowest BCUT2D eigenvalue weighted by Gasteiger charge is -2.10. The van der Waals surface area contributed by atoms with Crippen LogP contribution >= 0.6 is 0 Å². The lowest BCUT2D eigenvalue weighted by Crippen LogP contribution is -2.00. The zero-order valence-electron chi connectivity index (χ0n) is 26.9. The molecule has 0 atom stereocenters. The van der Waals surface area contributed by atoms with E-state index in [9.17, 15) is 0 Å². The van der Waals surface area contributed by atoms with E-state index in [0.29, 0.717) is 34.5 Å². The van der Waals surface area contributed by atoms with Gasteiger partial charge < -0.3 is 13.3 Å². The summed E-state index contributed by atoms with van der Waals surface area (Å²) >= 11 is 0. The Balaban J connectivity index is 1.13. The predicted molar refractivity (Wildman–Crippen MR) is 201 cm³/mol. The lowest BCUT2D eigenvalue weighted by atomic mass is 10.0. The summed E-state index contributed by atoms with van der Waals surface area (Å²) in [6, 6.07) is 48.4. The van der Waals surface area contributed by atoms with Crippen LogP contribution < -0.4 is 0 Å². The smallest absolute Gasteiger partial charge is 0.227 e. The minimum atomic E-state index is 0.534. The third kappa shape index (κ3) is 4.38. The van der Waals surface area contributed by atoms with Crippen LogP contribution in [0.5, 0.6) is 0 Å². The molecule has 238 valence electrons. The number of aromatic nitrogens is 4. The maximum atomic E-state index is 6.46. The van der Waals surface area contributed by atoms with Gasteiger partial charge in [0.2, 0.25) is 5.89 Å². The summed E-state index contributed by atoms with van der Waals surface area (Å²) in [5.41, 5.74) is 7.90. The number of hydrogen-bond donors (Lipinski definition) is 0. The summed E-state index contributed by atoms with van der Waals surface area (Å²) in [6.45, 7) is 0. The molecular weight excluding hydrogens is 633 g/mol. The second kappa shape index (κ2) is 10.7. The minimum Gasteiger partial charge on any atom is -0.456 e. The van der Waals surface area contributed by atoms with E-state index in [2.05, 4.69) is 30.3 Å². The first kappa shape index (κ1) is 27.8. The zero-order chi connectivity index (χ0) is 33.5. The molecule has 0 aliphatic heterocycles. The van der Waals surface area contributed by atoms with Gasteiger partial charge in [0.05, 0.1) is 0 Å². The van der Waals surface area contributed by atoms with Crippen molar-refractivity contribution in [2.75, 3.05) is 0 Å². The van der Waals surface area contributed by atoms with E-state index in [4.69, 9.17) is 33.2 Å². The van der Waals surface area contributed by atoms with Crippen molar-refractivity contribution in [1.29, 1.82) is 0 Å². The average Bonchev–Trinajstić information content (AvgIpc) is 3.89. The van der Waals surface area contributed by atoms with Gasteiger partial charge in [-0.05, 0) is 47.2 Å². The molecule has 7 nitrogen and oxygen atoms in total.